The van der Waals surface area contributed by atoms with Gasteiger partial charge in [-0.05, 0) is 56.8 Å². The Hall–Kier alpha value is -1.26. The third kappa shape index (κ3) is 4.62. The second kappa shape index (κ2) is 7.84. The molecule has 0 aromatic carbocycles. The van der Waals surface area contributed by atoms with Gasteiger partial charge in [-0.1, -0.05) is 13.8 Å². The lowest BCUT2D eigenvalue weighted by Gasteiger charge is -2.30. The molecule has 2 amide bonds. The number of nitrogens with one attached hydrogen (secondary N) is 1. The van der Waals surface area contributed by atoms with Crippen LogP contribution in [0.1, 0.15) is 58.8 Å². The van der Waals surface area contributed by atoms with E-state index in [1.165, 1.54) is 6.42 Å². The first kappa shape index (κ1) is 17.1. The van der Waals surface area contributed by atoms with Crippen LogP contribution in [0, 0.1) is 17.8 Å². The summed E-state index contributed by atoms with van der Waals surface area (Å²) < 4.78 is 0. The van der Waals surface area contributed by atoms with Gasteiger partial charge in [0, 0.05) is 19.1 Å². The summed E-state index contributed by atoms with van der Waals surface area (Å²) in [4.78, 5) is 25.3. The molecule has 0 aromatic heterocycles. The fourth-order valence-electron chi connectivity index (χ4n) is 3.74. The van der Waals surface area contributed by atoms with Gasteiger partial charge in [-0.15, -0.1) is 0 Å². The number of hydrogen-bond donors (Lipinski definition) is 2. The molecule has 5 heteroatoms. The summed E-state index contributed by atoms with van der Waals surface area (Å²) in [5.74, 6) is 0.494. The summed E-state index contributed by atoms with van der Waals surface area (Å²) in [6.45, 7) is 6.22. The highest BCUT2D eigenvalue weighted by Crippen LogP contribution is 2.26. The molecule has 5 nitrogen and oxygen atoms in total. The topological polar surface area (TPSA) is 69.6 Å². The molecule has 0 bridgehead atoms. The van der Waals surface area contributed by atoms with Crippen LogP contribution in [-0.4, -0.2) is 41.1 Å². The Morgan fingerprint density at radius 1 is 1.05 bits per heavy atom. The Morgan fingerprint density at radius 3 is 2.32 bits per heavy atom. The molecular weight excluding hydrogens is 280 g/mol. The van der Waals surface area contributed by atoms with E-state index in [2.05, 4.69) is 19.2 Å². The van der Waals surface area contributed by atoms with Gasteiger partial charge in [0.25, 0.3) is 0 Å². The van der Waals surface area contributed by atoms with Crippen LogP contribution < -0.4 is 5.32 Å². The predicted octanol–water partition coefficient (Wildman–Crippen LogP) is 3.10. The van der Waals surface area contributed by atoms with Gasteiger partial charge in [0.15, 0.2) is 0 Å². The zero-order valence-corrected chi connectivity index (χ0v) is 13.9. The molecule has 2 fully saturated rings. The van der Waals surface area contributed by atoms with E-state index in [-0.39, 0.29) is 18.0 Å². The molecule has 1 aliphatic carbocycles. The molecule has 1 aliphatic heterocycles. The van der Waals surface area contributed by atoms with E-state index in [9.17, 15) is 9.59 Å². The van der Waals surface area contributed by atoms with Gasteiger partial charge in [0.05, 0.1) is 5.92 Å². The second-order valence-electron chi connectivity index (χ2n) is 7.26. The number of carboxylic acid groups (broad SMARTS) is 1. The lowest BCUT2D eigenvalue weighted by atomic mass is 9.86. The van der Waals surface area contributed by atoms with Crippen molar-refractivity contribution in [3.8, 4) is 0 Å². The summed E-state index contributed by atoms with van der Waals surface area (Å²) in [7, 11) is 0. The summed E-state index contributed by atoms with van der Waals surface area (Å²) in [6.07, 6.45) is 6.31. The van der Waals surface area contributed by atoms with Crippen LogP contribution in [0.25, 0.3) is 0 Å². The molecule has 0 aromatic rings. The van der Waals surface area contributed by atoms with Crippen LogP contribution in [0.5, 0.6) is 0 Å². The average Bonchev–Trinajstić information content (AvgIpc) is 2.73. The average molecular weight is 310 g/mol. The van der Waals surface area contributed by atoms with Crippen LogP contribution >= 0.6 is 0 Å². The van der Waals surface area contributed by atoms with Crippen LogP contribution in [-0.2, 0) is 4.79 Å². The smallest absolute Gasteiger partial charge is 0.317 e. The molecule has 126 valence electrons. The predicted molar refractivity (Wildman–Crippen MR) is 85.7 cm³/mol. The molecule has 0 radical (unpaired) electrons. The lowest BCUT2D eigenvalue weighted by molar-refractivity contribution is -0.142. The Morgan fingerprint density at radius 2 is 1.73 bits per heavy atom. The first-order valence-corrected chi connectivity index (χ1v) is 8.75. The van der Waals surface area contributed by atoms with Gasteiger partial charge in [0.2, 0.25) is 0 Å². The quantitative estimate of drug-likeness (QED) is 0.841. The number of carbonyl (C=O) groups excluding carboxylic acids is 1. The molecule has 1 heterocycles. The van der Waals surface area contributed by atoms with E-state index in [0.29, 0.717) is 18.8 Å². The van der Waals surface area contributed by atoms with Gasteiger partial charge < -0.3 is 15.3 Å². The maximum Gasteiger partial charge on any atom is 0.317 e. The number of rotatable bonds is 3. The highest BCUT2D eigenvalue weighted by atomic mass is 16.4. The van der Waals surface area contributed by atoms with E-state index in [4.69, 9.17) is 5.11 Å². The van der Waals surface area contributed by atoms with Gasteiger partial charge >= 0.3 is 12.0 Å². The van der Waals surface area contributed by atoms with Crippen molar-refractivity contribution in [3.05, 3.63) is 0 Å². The van der Waals surface area contributed by atoms with Crippen molar-refractivity contribution in [1.82, 2.24) is 10.2 Å². The summed E-state index contributed by atoms with van der Waals surface area (Å²) in [6, 6.07) is 0.190. The first-order chi connectivity index (χ1) is 10.5. The third-order valence-corrected chi connectivity index (χ3v) is 5.41. The fraction of sp³-hybridized carbons (Fsp3) is 0.882. The van der Waals surface area contributed by atoms with Crippen LogP contribution in [0.3, 0.4) is 0 Å². The third-order valence-electron chi connectivity index (χ3n) is 5.41. The maximum absolute atomic E-state index is 12.4. The molecule has 1 atom stereocenters. The van der Waals surface area contributed by atoms with Crippen molar-refractivity contribution in [2.75, 3.05) is 13.1 Å². The minimum atomic E-state index is -0.697. The molecule has 22 heavy (non-hydrogen) atoms. The molecule has 1 saturated carbocycles. The minimum Gasteiger partial charge on any atom is -0.481 e. The van der Waals surface area contributed by atoms with Crippen molar-refractivity contribution in [1.29, 1.82) is 0 Å². The van der Waals surface area contributed by atoms with Crippen molar-refractivity contribution in [2.45, 2.75) is 64.8 Å². The number of amides is 2. The van der Waals surface area contributed by atoms with E-state index in [1.54, 1.807) is 0 Å². The molecule has 2 aliphatic rings. The number of nitrogens with zero attached hydrogens (tertiary/aromatic N) is 1. The van der Waals surface area contributed by atoms with Gasteiger partial charge in [-0.25, -0.2) is 4.79 Å². The van der Waals surface area contributed by atoms with E-state index in [0.717, 1.165) is 44.7 Å². The van der Waals surface area contributed by atoms with Crippen molar-refractivity contribution in [3.63, 3.8) is 0 Å². The van der Waals surface area contributed by atoms with E-state index in [1.807, 2.05) is 4.90 Å². The lowest BCUT2D eigenvalue weighted by Crippen LogP contribution is -2.46. The van der Waals surface area contributed by atoms with Gasteiger partial charge in [-0.3, -0.25) is 4.79 Å². The highest BCUT2D eigenvalue weighted by Gasteiger charge is 2.28. The molecule has 1 saturated heterocycles. The number of likely N-dealkylation sites (tertiary alicyclic amines) is 1. The molecule has 2 N–H and O–H groups in total. The molecule has 1 unspecified atom stereocenters. The van der Waals surface area contributed by atoms with Crippen molar-refractivity contribution < 1.29 is 14.7 Å². The summed E-state index contributed by atoms with van der Waals surface area (Å²) >= 11 is 0. The Bertz CT molecular complexity index is 389. The van der Waals surface area contributed by atoms with Crippen LogP contribution in [0.15, 0.2) is 0 Å². The molecular formula is C17H30N2O3. The monoisotopic (exact) mass is 310 g/mol. The van der Waals surface area contributed by atoms with E-state index < -0.39 is 5.97 Å². The molecule has 0 spiro atoms. The standard InChI is InChI=1S/C17H30N2O3/c1-12(2)13-4-3-10-19(11-9-13)17(22)18-15-7-5-14(6-8-15)16(20)21/h12-15H,3-11H2,1-2H3,(H,18,22)(H,20,21). The number of aliphatic carboxylic acids is 1. The SMILES string of the molecule is CC(C)C1CCCN(C(=O)NC2CCC(C(=O)O)CC2)CC1. The fourth-order valence-corrected chi connectivity index (χ4v) is 3.74. The summed E-state index contributed by atoms with van der Waals surface area (Å²) in [5, 5.41) is 12.1. The Kier molecular flexibility index (Phi) is 6.09. The number of urea groups is 1. The van der Waals surface area contributed by atoms with E-state index >= 15 is 0 Å². The van der Waals surface area contributed by atoms with Gasteiger partial charge in [-0.2, -0.15) is 0 Å². The number of hydrogen-bond acceptors (Lipinski definition) is 2. The minimum absolute atomic E-state index is 0.0446. The zero-order valence-electron chi connectivity index (χ0n) is 13.9. The maximum atomic E-state index is 12.4. The number of carboxylic acids is 1. The highest BCUT2D eigenvalue weighted by molar-refractivity contribution is 5.74. The van der Waals surface area contributed by atoms with Gasteiger partial charge in [0.1, 0.15) is 0 Å². The second-order valence-corrected chi connectivity index (χ2v) is 7.26. The van der Waals surface area contributed by atoms with Crippen LogP contribution in [0.2, 0.25) is 0 Å². The molecule has 2 rings (SSSR count). The zero-order chi connectivity index (χ0) is 16.1. The largest absolute Gasteiger partial charge is 0.481 e. The number of carbonyl (C=O) groups is 2. The summed E-state index contributed by atoms with van der Waals surface area (Å²) in [5.41, 5.74) is 0. The Balaban J connectivity index is 1.77. The normalized spacial score (nSPS) is 30.0. The van der Waals surface area contributed by atoms with Crippen LogP contribution in [0.4, 0.5) is 4.79 Å². The van der Waals surface area contributed by atoms with Crippen molar-refractivity contribution >= 4 is 12.0 Å². The Labute approximate surface area is 133 Å². The first-order valence-electron chi connectivity index (χ1n) is 8.75. The van der Waals surface area contributed by atoms with Crippen molar-refractivity contribution in [2.24, 2.45) is 17.8 Å².